The van der Waals surface area contributed by atoms with Gasteiger partial charge in [0.25, 0.3) is 5.69 Å². The second-order valence-corrected chi connectivity index (χ2v) is 5.42. The van der Waals surface area contributed by atoms with Crippen molar-refractivity contribution in [3.63, 3.8) is 0 Å². The van der Waals surface area contributed by atoms with E-state index in [2.05, 4.69) is 21.2 Å². The number of halogens is 1. The fourth-order valence-corrected chi connectivity index (χ4v) is 2.52. The maximum Gasteiger partial charge on any atom is 0.269 e. The smallest absolute Gasteiger partial charge is 0.269 e. The SMILES string of the molecule is COc1ccc(C(C)Nc2ccc([N+](=O)[O-])cc2)cc1Br. The molecule has 0 aromatic heterocycles. The highest BCUT2D eigenvalue weighted by molar-refractivity contribution is 9.10. The molecule has 2 aromatic rings. The number of non-ortho nitro benzene ring substituents is 1. The van der Waals surface area contributed by atoms with Crippen LogP contribution in [0.4, 0.5) is 11.4 Å². The van der Waals surface area contributed by atoms with E-state index >= 15 is 0 Å². The minimum absolute atomic E-state index is 0.0636. The van der Waals surface area contributed by atoms with Crippen LogP contribution in [0, 0.1) is 10.1 Å². The summed E-state index contributed by atoms with van der Waals surface area (Å²) in [5, 5.41) is 13.9. The molecule has 0 bridgehead atoms. The molecular formula is C15H15BrN2O3. The fraction of sp³-hybridized carbons (Fsp3) is 0.200. The van der Waals surface area contributed by atoms with E-state index in [4.69, 9.17) is 4.74 Å². The number of hydrogen-bond donors (Lipinski definition) is 1. The topological polar surface area (TPSA) is 64.4 Å². The van der Waals surface area contributed by atoms with E-state index in [0.29, 0.717) is 0 Å². The van der Waals surface area contributed by atoms with Crippen LogP contribution in [0.1, 0.15) is 18.5 Å². The minimum atomic E-state index is -0.409. The molecule has 1 unspecified atom stereocenters. The van der Waals surface area contributed by atoms with Crippen molar-refractivity contribution in [2.75, 3.05) is 12.4 Å². The van der Waals surface area contributed by atoms with Crippen molar-refractivity contribution >= 4 is 27.3 Å². The Labute approximate surface area is 131 Å². The van der Waals surface area contributed by atoms with Crippen LogP contribution in [0.25, 0.3) is 0 Å². The third-order valence-corrected chi connectivity index (χ3v) is 3.76. The Morgan fingerprint density at radius 1 is 1.24 bits per heavy atom. The van der Waals surface area contributed by atoms with Gasteiger partial charge in [-0.25, -0.2) is 0 Å². The number of nitro groups is 1. The second-order valence-electron chi connectivity index (χ2n) is 4.56. The van der Waals surface area contributed by atoms with Crippen LogP contribution in [0.2, 0.25) is 0 Å². The quantitative estimate of drug-likeness (QED) is 0.635. The molecule has 6 heteroatoms. The fourth-order valence-electron chi connectivity index (χ4n) is 1.96. The van der Waals surface area contributed by atoms with Gasteiger partial charge >= 0.3 is 0 Å². The number of benzene rings is 2. The van der Waals surface area contributed by atoms with Gasteiger partial charge in [0.05, 0.1) is 16.5 Å². The molecular weight excluding hydrogens is 336 g/mol. The number of methoxy groups -OCH3 is 1. The second kappa shape index (κ2) is 6.58. The molecule has 0 saturated carbocycles. The summed E-state index contributed by atoms with van der Waals surface area (Å²) in [5.41, 5.74) is 2.00. The molecule has 21 heavy (non-hydrogen) atoms. The van der Waals surface area contributed by atoms with Gasteiger partial charge in [0, 0.05) is 23.9 Å². The van der Waals surface area contributed by atoms with Crippen LogP contribution in [-0.2, 0) is 0 Å². The third kappa shape index (κ3) is 3.72. The number of ether oxygens (including phenoxy) is 1. The Balaban J connectivity index is 2.12. The molecule has 0 amide bonds. The van der Waals surface area contributed by atoms with Crippen molar-refractivity contribution in [1.29, 1.82) is 0 Å². The lowest BCUT2D eigenvalue weighted by atomic mass is 10.1. The van der Waals surface area contributed by atoms with E-state index in [9.17, 15) is 10.1 Å². The van der Waals surface area contributed by atoms with Crippen LogP contribution in [0.3, 0.4) is 0 Å². The van der Waals surface area contributed by atoms with Gasteiger partial charge in [-0.3, -0.25) is 10.1 Å². The Bertz CT molecular complexity index is 644. The maximum absolute atomic E-state index is 10.6. The Hall–Kier alpha value is -2.08. The normalized spacial score (nSPS) is 11.8. The first-order valence-corrected chi connectivity index (χ1v) is 7.15. The Morgan fingerprint density at radius 2 is 1.90 bits per heavy atom. The lowest BCUT2D eigenvalue weighted by molar-refractivity contribution is -0.384. The van der Waals surface area contributed by atoms with E-state index in [1.807, 2.05) is 25.1 Å². The Morgan fingerprint density at radius 3 is 2.43 bits per heavy atom. The van der Waals surface area contributed by atoms with Gasteiger partial charge in [0.2, 0.25) is 0 Å². The molecule has 0 radical (unpaired) electrons. The highest BCUT2D eigenvalue weighted by Crippen LogP contribution is 2.29. The summed E-state index contributed by atoms with van der Waals surface area (Å²) in [6.07, 6.45) is 0. The number of rotatable bonds is 5. The van der Waals surface area contributed by atoms with Crippen LogP contribution >= 0.6 is 15.9 Å². The largest absolute Gasteiger partial charge is 0.496 e. The summed E-state index contributed by atoms with van der Waals surface area (Å²) in [6, 6.07) is 12.3. The van der Waals surface area contributed by atoms with Crippen LogP contribution in [-0.4, -0.2) is 12.0 Å². The molecule has 0 aliphatic heterocycles. The lowest BCUT2D eigenvalue weighted by Crippen LogP contribution is -2.06. The third-order valence-electron chi connectivity index (χ3n) is 3.14. The summed E-state index contributed by atoms with van der Waals surface area (Å²) in [6.45, 7) is 2.02. The van der Waals surface area contributed by atoms with Crippen LogP contribution in [0.15, 0.2) is 46.9 Å². The molecule has 0 heterocycles. The van der Waals surface area contributed by atoms with Crippen LogP contribution in [0.5, 0.6) is 5.75 Å². The monoisotopic (exact) mass is 350 g/mol. The van der Waals surface area contributed by atoms with Gasteiger partial charge in [-0.2, -0.15) is 0 Å². The number of nitrogens with one attached hydrogen (secondary N) is 1. The van der Waals surface area contributed by atoms with E-state index in [1.54, 1.807) is 19.2 Å². The molecule has 110 valence electrons. The first kappa shape index (κ1) is 15.3. The number of nitrogens with zero attached hydrogens (tertiary/aromatic N) is 1. The maximum atomic E-state index is 10.6. The van der Waals surface area contributed by atoms with Crippen molar-refractivity contribution in [2.24, 2.45) is 0 Å². The number of nitro benzene ring substituents is 1. The predicted molar refractivity (Wildman–Crippen MR) is 85.8 cm³/mol. The summed E-state index contributed by atoms with van der Waals surface area (Å²) in [7, 11) is 1.62. The van der Waals surface area contributed by atoms with Crippen molar-refractivity contribution in [3.8, 4) is 5.75 Å². The molecule has 1 atom stereocenters. The molecule has 2 aromatic carbocycles. The van der Waals surface area contributed by atoms with Crippen molar-refractivity contribution in [3.05, 3.63) is 62.6 Å². The predicted octanol–water partition coefficient (Wildman–Crippen LogP) is 4.54. The summed E-state index contributed by atoms with van der Waals surface area (Å²) in [4.78, 5) is 10.2. The van der Waals surface area contributed by atoms with Gasteiger partial charge in [-0.1, -0.05) is 6.07 Å². The van der Waals surface area contributed by atoms with E-state index in [0.717, 1.165) is 21.5 Å². The minimum Gasteiger partial charge on any atom is -0.496 e. The summed E-state index contributed by atoms with van der Waals surface area (Å²) in [5.74, 6) is 0.779. The van der Waals surface area contributed by atoms with Gasteiger partial charge < -0.3 is 10.1 Å². The zero-order valence-corrected chi connectivity index (χ0v) is 13.3. The summed E-state index contributed by atoms with van der Waals surface area (Å²) >= 11 is 3.46. The van der Waals surface area contributed by atoms with Crippen molar-refractivity contribution in [2.45, 2.75) is 13.0 Å². The number of anilines is 1. The first-order valence-electron chi connectivity index (χ1n) is 6.35. The highest BCUT2D eigenvalue weighted by atomic mass is 79.9. The molecule has 0 aliphatic rings. The average Bonchev–Trinajstić information content (AvgIpc) is 2.47. The van der Waals surface area contributed by atoms with Gasteiger partial charge in [-0.05, 0) is 52.7 Å². The molecule has 1 N–H and O–H groups in total. The standard InChI is InChI=1S/C15H15BrN2O3/c1-10(11-3-8-15(21-2)14(16)9-11)17-12-4-6-13(7-5-12)18(19)20/h3-10,17H,1-2H3. The lowest BCUT2D eigenvalue weighted by Gasteiger charge is -2.16. The Kier molecular flexibility index (Phi) is 4.80. The summed E-state index contributed by atoms with van der Waals surface area (Å²) < 4.78 is 6.09. The molecule has 2 rings (SSSR count). The zero-order chi connectivity index (χ0) is 15.4. The van der Waals surface area contributed by atoms with Gasteiger partial charge in [0.15, 0.2) is 0 Å². The highest BCUT2D eigenvalue weighted by Gasteiger charge is 2.10. The van der Waals surface area contributed by atoms with E-state index in [-0.39, 0.29) is 11.7 Å². The molecule has 0 saturated heterocycles. The first-order chi connectivity index (χ1) is 10.0. The zero-order valence-electron chi connectivity index (χ0n) is 11.7. The molecule has 5 nitrogen and oxygen atoms in total. The van der Waals surface area contributed by atoms with Crippen molar-refractivity contribution < 1.29 is 9.66 Å². The number of hydrogen-bond acceptors (Lipinski definition) is 4. The molecule has 0 spiro atoms. The van der Waals surface area contributed by atoms with Crippen LogP contribution < -0.4 is 10.1 Å². The van der Waals surface area contributed by atoms with E-state index < -0.39 is 4.92 Å². The van der Waals surface area contributed by atoms with Crippen molar-refractivity contribution in [1.82, 2.24) is 0 Å². The molecule has 0 aliphatic carbocycles. The van der Waals surface area contributed by atoms with E-state index in [1.165, 1.54) is 12.1 Å². The van der Waals surface area contributed by atoms with Gasteiger partial charge in [0.1, 0.15) is 5.75 Å². The van der Waals surface area contributed by atoms with Gasteiger partial charge in [-0.15, -0.1) is 0 Å². The molecule has 0 fully saturated rings. The average molecular weight is 351 g/mol.